The highest BCUT2D eigenvalue weighted by Gasteiger charge is 2.39. The van der Waals surface area contributed by atoms with Gasteiger partial charge in [0.05, 0.1) is 0 Å². The Balaban J connectivity index is 0.837. The lowest BCUT2D eigenvalue weighted by molar-refractivity contribution is 0.653. The molecular formula is C78H52O2. The first-order valence-corrected chi connectivity index (χ1v) is 28.0. The molecule has 2 nitrogen and oxygen atoms in total. The maximum Gasteiger partial charge on any atom is 0.143 e. The van der Waals surface area contributed by atoms with Gasteiger partial charge in [0.25, 0.3) is 0 Å². The van der Waals surface area contributed by atoms with E-state index >= 15 is 0 Å². The van der Waals surface area contributed by atoms with Gasteiger partial charge in [-0.2, -0.15) is 0 Å². The summed E-state index contributed by atoms with van der Waals surface area (Å²) < 4.78 is 13.7. The minimum Gasteiger partial charge on any atom is -0.455 e. The number of hydrogen-bond donors (Lipinski definition) is 0. The average Bonchev–Trinajstić information content (AvgIpc) is 4.36. The van der Waals surface area contributed by atoms with Crippen molar-refractivity contribution in [3.63, 3.8) is 0 Å². The molecular weight excluding hydrogens is 969 g/mol. The van der Waals surface area contributed by atoms with Crippen LogP contribution in [0.2, 0.25) is 0 Å². The topological polar surface area (TPSA) is 26.3 Å². The first-order chi connectivity index (χ1) is 39.2. The van der Waals surface area contributed by atoms with Gasteiger partial charge in [0.1, 0.15) is 22.3 Å². The zero-order valence-electron chi connectivity index (χ0n) is 44.9. The molecule has 2 aliphatic carbocycles. The Morgan fingerprint density at radius 1 is 0.237 bits per heavy atom. The van der Waals surface area contributed by atoms with Crippen LogP contribution in [0, 0.1) is 0 Å². The van der Waals surface area contributed by atoms with E-state index in [1.807, 2.05) is 0 Å². The average molecular weight is 1020 g/mol. The molecule has 2 aliphatic rings. The van der Waals surface area contributed by atoms with Crippen LogP contribution >= 0.6 is 0 Å². The highest BCUT2D eigenvalue weighted by atomic mass is 16.3. The minimum atomic E-state index is -0.100. The lowest BCUT2D eigenvalue weighted by Gasteiger charge is -2.21. The highest BCUT2D eigenvalue weighted by molar-refractivity contribution is 6.23. The SMILES string of the molecule is CC1(C)c2ccccc2-c2c1ccc1c2oc2ccc(-c3cccc(-c4c5ccccc5c(-c5cccc(-c6ccc7oc8c9c(ccc8c7c6)C(C)(C)c6ccccc6-9)c5)c5cc(-c6cccc7ccccc67)ccc45)c3)cc21. The number of rotatable bonds is 5. The fraction of sp³-hybridized carbons (Fsp3) is 0.0769. The predicted molar refractivity (Wildman–Crippen MR) is 336 cm³/mol. The molecule has 0 radical (unpaired) electrons. The van der Waals surface area contributed by atoms with Crippen molar-refractivity contribution in [2.24, 2.45) is 0 Å². The minimum absolute atomic E-state index is 0.0984. The molecule has 2 heteroatoms. The molecule has 0 saturated heterocycles. The van der Waals surface area contributed by atoms with Crippen molar-refractivity contribution >= 4 is 76.2 Å². The van der Waals surface area contributed by atoms with Crippen LogP contribution in [0.25, 0.3) is 154 Å². The van der Waals surface area contributed by atoms with Gasteiger partial charge >= 0.3 is 0 Å². The van der Waals surface area contributed by atoms with E-state index in [0.29, 0.717) is 0 Å². The molecule has 2 aromatic heterocycles. The van der Waals surface area contributed by atoms with Crippen molar-refractivity contribution in [3.8, 4) is 77.9 Å². The molecule has 0 spiro atoms. The molecule has 80 heavy (non-hydrogen) atoms. The van der Waals surface area contributed by atoms with E-state index in [-0.39, 0.29) is 10.8 Å². The smallest absolute Gasteiger partial charge is 0.143 e. The lowest BCUT2D eigenvalue weighted by Crippen LogP contribution is -2.14. The van der Waals surface area contributed by atoms with Crippen LogP contribution in [-0.2, 0) is 10.8 Å². The van der Waals surface area contributed by atoms with E-state index in [1.54, 1.807) is 0 Å². The van der Waals surface area contributed by atoms with E-state index in [0.717, 1.165) is 66.1 Å². The second kappa shape index (κ2) is 16.4. The van der Waals surface area contributed by atoms with Crippen LogP contribution in [0.1, 0.15) is 49.9 Å². The second-order valence-electron chi connectivity index (χ2n) is 23.4. The van der Waals surface area contributed by atoms with Crippen molar-refractivity contribution in [1.82, 2.24) is 0 Å². The normalized spacial score (nSPS) is 13.9. The quantitative estimate of drug-likeness (QED) is 0.161. The van der Waals surface area contributed by atoms with E-state index in [9.17, 15) is 0 Å². The fourth-order valence-corrected chi connectivity index (χ4v) is 14.6. The van der Waals surface area contributed by atoms with Gasteiger partial charge in [-0.25, -0.2) is 0 Å². The van der Waals surface area contributed by atoms with Crippen LogP contribution in [0.5, 0.6) is 0 Å². The summed E-state index contributed by atoms with van der Waals surface area (Å²) in [6.07, 6.45) is 0. The molecule has 15 aromatic rings. The summed E-state index contributed by atoms with van der Waals surface area (Å²) in [7, 11) is 0. The molecule has 0 N–H and O–H groups in total. The third kappa shape index (κ3) is 6.30. The van der Waals surface area contributed by atoms with E-state index in [4.69, 9.17) is 8.83 Å². The number of fused-ring (bicyclic) bond motifs is 17. The Labute approximate surface area is 463 Å². The zero-order valence-corrected chi connectivity index (χ0v) is 44.9. The second-order valence-corrected chi connectivity index (χ2v) is 23.4. The molecule has 17 rings (SSSR count). The Morgan fingerprint density at radius 3 is 1.21 bits per heavy atom. The predicted octanol–water partition coefficient (Wildman–Crippen LogP) is 21.9. The Morgan fingerprint density at radius 2 is 0.637 bits per heavy atom. The van der Waals surface area contributed by atoms with E-state index in [1.165, 1.54) is 110 Å². The molecule has 0 aliphatic heterocycles. The molecule has 0 fully saturated rings. The summed E-state index contributed by atoms with van der Waals surface area (Å²) >= 11 is 0. The third-order valence-corrected chi connectivity index (χ3v) is 18.5. The molecule has 0 bridgehead atoms. The van der Waals surface area contributed by atoms with Crippen LogP contribution in [0.3, 0.4) is 0 Å². The number of furan rings is 2. The molecule has 0 amide bonds. The standard InChI is InChI=1S/C78H52O2/c1-77(2)65-28-11-9-25-60(65)73-67(77)36-34-58-62-42-48(31-38-69(62)79-75(58)73)46-18-13-20-51(40-46)71-55-23-7-8-24-56(55)72(64-44-50(30-33-57(64)71)54-27-15-17-45-16-5-6-22-53(45)54)52-21-14-19-47(41-52)49-32-39-70-63(43-49)59-35-37-68-74(76(59)80-70)61-26-10-12-29-66(61)78(68,3)4/h5-44H,1-4H3. The molecule has 2 heterocycles. The summed E-state index contributed by atoms with van der Waals surface area (Å²) in [5.41, 5.74) is 25.7. The maximum absolute atomic E-state index is 6.83. The number of hydrogen-bond acceptors (Lipinski definition) is 2. The first-order valence-electron chi connectivity index (χ1n) is 28.0. The van der Waals surface area contributed by atoms with Crippen molar-refractivity contribution in [1.29, 1.82) is 0 Å². The molecule has 0 unspecified atom stereocenters. The Bertz CT molecular complexity index is 5180. The van der Waals surface area contributed by atoms with Gasteiger partial charge in [0.2, 0.25) is 0 Å². The van der Waals surface area contributed by atoms with Crippen LogP contribution in [-0.4, -0.2) is 0 Å². The van der Waals surface area contributed by atoms with Gasteiger partial charge in [-0.05, 0) is 164 Å². The van der Waals surface area contributed by atoms with E-state index < -0.39 is 0 Å². The van der Waals surface area contributed by atoms with Gasteiger partial charge in [-0.3, -0.25) is 0 Å². The maximum atomic E-state index is 6.83. The molecule has 376 valence electrons. The van der Waals surface area contributed by atoms with Crippen molar-refractivity contribution in [2.45, 2.75) is 38.5 Å². The van der Waals surface area contributed by atoms with E-state index in [2.05, 4.69) is 270 Å². The molecule has 13 aromatic carbocycles. The fourth-order valence-electron chi connectivity index (χ4n) is 14.6. The van der Waals surface area contributed by atoms with Gasteiger partial charge in [-0.15, -0.1) is 0 Å². The van der Waals surface area contributed by atoms with Crippen LogP contribution in [0.4, 0.5) is 0 Å². The largest absolute Gasteiger partial charge is 0.455 e. The lowest BCUT2D eigenvalue weighted by atomic mass is 9.82. The van der Waals surface area contributed by atoms with Gasteiger partial charge in [0.15, 0.2) is 0 Å². The monoisotopic (exact) mass is 1020 g/mol. The Hall–Kier alpha value is -9.76. The highest BCUT2D eigenvalue weighted by Crippen LogP contribution is 2.55. The third-order valence-electron chi connectivity index (χ3n) is 18.5. The summed E-state index contributed by atoms with van der Waals surface area (Å²) in [5.74, 6) is 0. The Kier molecular flexibility index (Phi) is 9.28. The van der Waals surface area contributed by atoms with Crippen LogP contribution < -0.4 is 0 Å². The zero-order chi connectivity index (χ0) is 53.2. The molecule has 0 saturated carbocycles. The summed E-state index contributed by atoms with van der Waals surface area (Å²) in [4.78, 5) is 0. The van der Waals surface area contributed by atoms with Gasteiger partial charge < -0.3 is 8.83 Å². The first kappa shape index (κ1) is 45.3. The van der Waals surface area contributed by atoms with Crippen molar-refractivity contribution in [2.75, 3.05) is 0 Å². The summed E-state index contributed by atoms with van der Waals surface area (Å²) in [6, 6.07) is 90.3. The van der Waals surface area contributed by atoms with Crippen LogP contribution in [0.15, 0.2) is 251 Å². The molecule has 0 atom stereocenters. The van der Waals surface area contributed by atoms with Crippen molar-refractivity contribution < 1.29 is 8.83 Å². The summed E-state index contributed by atoms with van der Waals surface area (Å²) in [6.45, 7) is 9.31. The van der Waals surface area contributed by atoms with Gasteiger partial charge in [0, 0.05) is 43.5 Å². The van der Waals surface area contributed by atoms with Crippen molar-refractivity contribution in [3.05, 3.63) is 265 Å². The number of benzene rings is 13. The summed E-state index contributed by atoms with van der Waals surface area (Å²) in [5, 5.41) is 11.9. The van der Waals surface area contributed by atoms with Gasteiger partial charge in [-0.1, -0.05) is 228 Å².